The number of nitrogens with one attached hydrogen (secondary N) is 1. The van der Waals surface area contributed by atoms with Crippen LogP contribution in [0.4, 0.5) is 0 Å². The van der Waals surface area contributed by atoms with Gasteiger partial charge in [-0.1, -0.05) is 0 Å². The van der Waals surface area contributed by atoms with Crippen molar-refractivity contribution in [3.8, 4) is 0 Å². The van der Waals surface area contributed by atoms with Gasteiger partial charge < -0.3 is 19.9 Å². The number of hydrogen-bond acceptors (Lipinski definition) is 5. The first-order valence-corrected chi connectivity index (χ1v) is 9.70. The summed E-state index contributed by atoms with van der Waals surface area (Å²) in [7, 11) is 3.10. The average molecular weight is 393 g/mol. The number of carbonyl (C=O) groups excluding carboxylic acids is 1. The van der Waals surface area contributed by atoms with Crippen LogP contribution in [-0.4, -0.2) is 50.9 Å². The van der Waals surface area contributed by atoms with Gasteiger partial charge in [0.2, 0.25) is 5.91 Å². The molecular weight excluding hydrogens is 364 g/mol. The Bertz CT molecular complexity index is 981. The number of ether oxygens (including phenoxy) is 1. The van der Waals surface area contributed by atoms with E-state index in [1.807, 2.05) is 11.5 Å². The minimum Gasteiger partial charge on any atom is -0.380 e. The third-order valence-electron chi connectivity index (χ3n) is 5.59. The number of rotatable bonds is 7. The van der Waals surface area contributed by atoms with Crippen LogP contribution in [0.3, 0.4) is 0 Å². The molecular formula is C18H29N6O4+. The van der Waals surface area contributed by atoms with E-state index < -0.39 is 5.69 Å². The van der Waals surface area contributed by atoms with E-state index in [4.69, 9.17) is 10.5 Å². The number of primary amides is 1. The number of aromatic nitrogens is 4. The second-order valence-electron chi connectivity index (χ2n) is 7.36. The van der Waals surface area contributed by atoms with Gasteiger partial charge in [-0.05, 0) is 6.92 Å². The molecule has 3 N–H and O–H groups in total. The second-order valence-corrected chi connectivity index (χ2v) is 7.36. The van der Waals surface area contributed by atoms with Crippen molar-refractivity contribution in [1.82, 2.24) is 18.7 Å². The summed E-state index contributed by atoms with van der Waals surface area (Å²) < 4.78 is 9.87. The molecule has 2 aromatic rings. The number of imidazole rings is 1. The van der Waals surface area contributed by atoms with Crippen molar-refractivity contribution in [2.75, 3.05) is 26.3 Å². The van der Waals surface area contributed by atoms with Crippen LogP contribution < -0.4 is 21.9 Å². The first-order valence-electron chi connectivity index (χ1n) is 9.70. The molecule has 1 aliphatic rings. The van der Waals surface area contributed by atoms with Gasteiger partial charge in [0.1, 0.15) is 6.54 Å². The summed E-state index contributed by atoms with van der Waals surface area (Å²) in [6.07, 6.45) is 1.51. The molecule has 0 radical (unpaired) electrons. The number of fused-ring (bicyclic) bond motifs is 1. The zero-order chi connectivity index (χ0) is 20.4. The lowest BCUT2D eigenvalue weighted by Crippen LogP contribution is -3.12. The molecule has 1 amide bonds. The molecule has 154 valence electrons. The maximum absolute atomic E-state index is 12.8. The zero-order valence-electron chi connectivity index (χ0n) is 16.7. The summed E-state index contributed by atoms with van der Waals surface area (Å²) >= 11 is 0. The SMILES string of the molecule is CCOCCn1c(C[NH+]2CCC(C(N)=O)CC2)nc2c1c(=O)n(C)c(=O)n2C. The van der Waals surface area contributed by atoms with Crippen molar-refractivity contribution in [1.29, 1.82) is 0 Å². The number of hydrogen-bond donors (Lipinski definition) is 2. The normalized spacial score (nSPS) is 20.0. The maximum atomic E-state index is 12.8. The van der Waals surface area contributed by atoms with Crippen molar-refractivity contribution in [2.24, 2.45) is 25.7 Å². The molecule has 10 heteroatoms. The van der Waals surface area contributed by atoms with E-state index in [1.54, 1.807) is 7.05 Å². The second kappa shape index (κ2) is 8.27. The predicted octanol–water partition coefficient (Wildman–Crippen LogP) is -2.25. The molecule has 1 aliphatic heterocycles. The fourth-order valence-electron chi connectivity index (χ4n) is 3.88. The average Bonchev–Trinajstić information content (AvgIpc) is 3.03. The number of amides is 1. The van der Waals surface area contributed by atoms with E-state index >= 15 is 0 Å². The van der Waals surface area contributed by atoms with E-state index in [-0.39, 0.29) is 17.4 Å². The lowest BCUT2D eigenvalue weighted by atomic mass is 9.96. The van der Waals surface area contributed by atoms with E-state index in [1.165, 1.54) is 16.5 Å². The van der Waals surface area contributed by atoms with Gasteiger partial charge in [-0.2, -0.15) is 0 Å². The molecule has 28 heavy (non-hydrogen) atoms. The van der Waals surface area contributed by atoms with Gasteiger partial charge in [0.05, 0.1) is 19.7 Å². The number of nitrogens with two attached hydrogens (primary N) is 1. The molecule has 0 spiro atoms. The lowest BCUT2D eigenvalue weighted by Gasteiger charge is -2.27. The molecule has 0 aliphatic carbocycles. The van der Waals surface area contributed by atoms with Crippen LogP contribution in [0, 0.1) is 5.92 Å². The molecule has 3 rings (SSSR count). The van der Waals surface area contributed by atoms with Gasteiger partial charge in [0, 0.05) is 46.0 Å². The van der Waals surface area contributed by atoms with Crippen molar-refractivity contribution < 1.29 is 14.4 Å². The van der Waals surface area contributed by atoms with Crippen LogP contribution in [-0.2, 0) is 36.7 Å². The first-order chi connectivity index (χ1) is 13.3. The summed E-state index contributed by atoms with van der Waals surface area (Å²) in [5.74, 6) is 0.454. The first kappa shape index (κ1) is 20.3. The summed E-state index contributed by atoms with van der Waals surface area (Å²) in [4.78, 5) is 42.4. The molecule has 3 heterocycles. The Balaban J connectivity index is 1.97. The molecule has 0 saturated carbocycles. The van der Waals surface area contributed by atoms with Crippen molar-refractivity contribution in [2.45, 2.75) is 32.9 Å². The summed E-state index contributed by atoms with van der Waals surface area (Å²) in [6.45, 7) is 5.71. The molecule has 0 unspecified atom stereocenters. The quantitative estimate of drug-likeness (QED) is 0.515. The summed E-state index contributed by atoms with van der Waals surface area (Å²) in [5.41, 5.74) is 5.49. The highest BCUT2D eigenvalue weighted by atomic mass is 16.5. The Hall–Kier alpha value is -2.46. The van der Waals surface area contributed by atoms with Gasteiger partial charge in [0.25, 0.3) is 5.56 Å². The number of quaternary nitrogens is 1. The van der Waals surface area contributed by atoms with Crippen LogP contribution in [0.1, 0.15) is 25.6 Å². The van der Waals surface area contributed by atoms with Crippen LogP contribution in [0.25, 0.3) is 11.2 Å². The molecule has 10 nitrogen and oxygen atoms in total. The highest BCUT2D eigenvalue weighted by Gasteiger charge is 2.28. The third-order valence-corrected chi connectivity index (χ3v) is 5.59. The van der Waals surface area contributed by atoms with Crippen molar-refractivity contribution >= 4 is 17.1 Å². The molecule has 2 aromatic heterocycles. The maximum Gasteiger partial charge on any atom is 0.332 e. The highest BCUT2D eigenvalue weighted by Crippen LogP contribution is 2.12. The smallest absolute Gasteiger partial charge is 0.332 e. The van der Waals surface area contributed by atoms with Crippen LogP contribution in [0.5, 0.6) is 0 Å². The summed E-state index contributed by atoms with van der Waals surface area (Å²) in [5, 5.41) is 0. The van der Waals surface area contributed by atoms with E-state index in [0.717, 1.165) is 36.3 Å². The van der Waals surface area contributed by atoms with E-state index in [9.17, 15) is 14.4 Å². The zero-order valence-corrected chi connectivity index (χ0v) is 16.7. The van der Waals surface area contributed by atoms with E-state index in [2.05, 4.69) is 4.98 Å². The highest BCUT2D eigenvalue weighted by molar-refractivity contribution is 5.76. The Morgan fingerprint density at radius 3 is 2.54 bits per heavy atom. The Labute approximate surface area is 162 Å². The third kappa shape index (κ3) is 3.74. The predicted molar refractivity (Wildman–Crippen MR) is 103 cm³/mol. The van der Waals surface area contributed by atoms with Gasteiger partial charge in [0.15, 0.2) is 17.0 Å². The van der Waals surface area contributed by atoms with Crippen LogP contribution >= 0.6 is 0 Å². The monoisotopic (exact) mass is 393 g/mol. The standard InChI is InChI=1S/C18H28N6O4/c1-4-28-10-9-24-13(11-23-7-5-12(6-8-23)15(19)25)20-16-14(24)17(26)22(3)18(27)21(16)2/h12H,4-11H2,1-3H3,(H2,19,25)/p+1. The van der Waals surface area contributed by atoms with Crippen LogP contribution in [0.15, 0.2) is 9.59 Å². The summed E-state index contributed by atoms with van der Waals surface area (Å²) in [6, 6.07) is 0. The van der Waals surface area contributed by atoms with Gasteiger partial charge in [-0.25, -0.2) is 9.78 Å². The number of piperidine rings is 1. The molecule has 1 fully saturated rings. The Kier molecular flexibility index (Phi) is 5.99. The topological polar surface area (TPSA) is 119 Å². The number of carbonyl (C=O) groups is 1. The molecule has 0 bridgehead atoms. The van der Waals surface area contributed by atoms with Crippen molar-refractivity contribution in [3.63, 3.8) is 0 Å². The molecule has 0 aromatic carbocycles. The fraction of sp³-hybridized carbons (Fsp3) is 0.667. The molecule has 0 atom stereocenters. The number of aryl methyl sites for hydroxylation is 1. The van der Waals surface area contributed by atoms with Gasteiger partial charge in [-0.15, -0.1) is 0 Å². The number of likely N-dealkylation sites (tertiary alicyclic amines) is 1. The Morgan fingerprint density at radius 2 is 1.93 bits per heavy atom. The van der Waals surface area contributed by atoms with Crippen molar-refractivity contribution in [3.05, 3.63) is 26.7 Å². The largest absolute Gasteiger partial charge is 0.380 e. The lowest BCUT2D eigenvalue weighted by molar-refractivity contribution is -0.920. The minimum absolute atomic E-state index is 0.0614. The van der Waals surface area contributed by atoms with Gasteiger partial charge in [-0.3, -0.25) is 18.7 Å². The minimum atomic E-state index is -0.395. The number of nitrogens with zero attached hydrogens (tertiary/aromatic N) is 4. The molecule has 1 saturated heterocycles. The van der Waals surface area contributed by atoms with E-state index in [0.29, 0.717) is 37.5 Å². The fourth-order valence-corrected chi connectivity index (χ4v) is 3.88. The van der Waals surface area contributed by atoms with Gasteiger partial charge >= 0.3 is 5.69 Å². The Morgan fingerprint density at radius 1 is 1.25 bits per heavy atom. The van der Waals surface area contributed by atoms with Crippen LogP contribution in [0.2, 0.25) is 0 Å².